The van der Waals surface area contributed by atoms with Crippen molar-refractivity contribution in [3.63, 3.8) is 0 Å². The van der Waals surface area contributed by atoms with Gasteiger partial charge in [-0.1, -0.05) is 23.2 Å². The lowest BCUT2D eigenvalue weighted by molar-refractivity contribution is -0.150. The van der Waals surface area contributed by atoms with Crippen LogP contribution >= 0.6 is 23.2 Å². The summed E-state index contributed by atoms with van der Waals surface area (Å²) in [4.78, 5) is 34.4. The Labute approximate surface area is 102 Å². The molecule has 1 aliphatic rings. The molecule has 0 aromatic heterocycles. The van der Waals surface area contributed by atoms with Gasteiger partial charge in [0.05, 0.1) is 6.54 Å². The predicted octanol–water partition coefficient (Wildman–Crippen LogP) is 0.996. The zero-order valence-corrected chi connectivity index (χ0v) is 10.1. The van der Waals surface area contributed by atoms with Gasteiger partial charge >= 0.3 is 5.97 Å². The molecule has 1 aliphatic heterocycles. The Morgan fingerprint density at radius 1 is 1.31 bits per heavy atom. The molecule has 0 aromatic rings. The summed E-state index contributed by atoms with van der Waals surface area (Å²) >= 11 is 11.0. The first kappa shape index (κ1) is 13.0. The number of rotatable bonds is 3. The number of nitrogens with zero attached hydrogens (tertiary/aromatic N) is 1. The highest BCUT2D eigenvalue weighted by molar-refractivity contribution is 6.58. The van der Waals surface area contributed by atoms with E-state index in [1.807, 2.05) is 0 Å². The fourth-order valence-electron chi connectivity index (χ4n) is 1.26. The fraction of sp³-hybridized carbons (Fsp3) is 0.444. The molecule has 88 valence electrons. The molecular weight excluding hydrogens is 257 g/mol. The Morgan fingerprint density at radius 2 is 1.75 bits per heavy atom. The average molecular weight is 266 g/mol. The SMILES string of the molecule is CC(=O)OC(C)CN1C(=O)C(Cl)=C(Cl)C1=O. The second-order valence-electron chi connectivity index (χ2n) is 3.27. The van der Waals surface area contributed by atoms with Crippen molar-refractivity contribution in [1.82, 2.24) is 4.90 Å². The molecule has 5 nitrogen and oxygen atoms in total. The maximum atomic E-state index is 11.4. The van der Waals surface area contributed by atoms with E-state index in [-0.39, 0.29) is 16.6 Å². The van der Waals surface area contributed by atoms with Crippen molar-refractivity contribution in [2.24, 2.45) is 0 Å². The Kier molecular flexibility index (Phi) is 3.93. The van der Waals surface area contributed by atoms with Gasteiger partial charge in [0.1, 0.15) is 16.2 Å². The summed E-state index contributed by atoms with van der Waals surface area (Å²) in [7, 11) is 0. The van der Waals surface area contributed by atoms with E-state index >= 15 is 0 Å². The van der Waals surface area contributed by atoms with Crippen LogP contribution in [0.5, 0.6) is 0 Å². The molecule has 0 aromatic carbocycles. The van der Waals surface area contributed by atoms with Crippen molar-refractivity contribution in [2.75, 3.05) is 6.54 Å². The number of hydrogen-bond acceptors (Lipinski definition) is 4. The van der Waals surface area contributed by atoms with Crippen molar-refractivity contribution in [3.05, 3.63) is 10.1 Å². The second-order valence-corrected chi connectivity index (χ2v) is 4.02. The highest BCUT2D eigenvalue weighted by Crippen LogP contribution is 2.26. The van der Waals surface area contributed by atoms with Crippen molar-refractivity contribution >= 4 is 41.0 Å². The Bertz CT molecular complexity index is 367. The highest BCUT2D eigenvalue weighted by Gasteiger charge is 2.37. The van der Waals surface area contributed by atoms with Gasteiger partial charge in [0.15, 0.2) is 0 Å². The first-order valence-electron chi connectivity index (χ1n) is 4.43. The van der Waals surface area contributed by atoms with E-state index in [0.29, 0.717) is 0 Å². The largest absolute Gasteiger partial charge is 0.461 e. The van der Waals surface area contributed by atoms with Crippen LogP contribution in [0.25, 0.3) is 0 Å². The Hall–Kier alpha value is -1.07. The molecule has 2 amide bonds. The van der Waals surface area contributed by atoms with Gasteiger partial charge in [0, 0.05) is 6.92 Å². The van der Waals surface area contributed by atoms with Gasteiger partial charge < -0.3 is 4.74 Å². The van der Waals surface area contributed by atoms with E-state index in [2.05, 4.69) is 0 Å². The van der Waals surface area contributed by atoms with E-state index in [1.54, 1.807) is 6.92 Å². The molecule has 7 heteroatoms. The zero-order valence-electron chi connectivity index (χ0n) is 8.62. The third-order valence-corrected chi connectivity index (χ3v) is 2.66. The van der Waals surface area contributed by atoms with Crippen LogP contribution in [-0.4, -0.2) is 35.3 Å². The van der Waals surface area contributed by atoms with Crippen molar-refractivity contribution in [3.8, 4) is 0 Å². The number of carbonyl (C=O) groups excluding carboxylic acids is 3. The van der Waals surface area contributed by atoms with E-state index in [9.17, 15) is 14.4 Å². The van der Waals surface area contributed by atoms with Crippen molar-refractivity contribution in [2.45, 2.75) is 20.0 Å². The quantitative estimate of drug-likeness (QED) is 0.564. The standard InChI is InChI=1S/C9H9Cl2NO4/c1-4(16-5(2)13)3-12-8(14)6(10)7(11)9(12)15/h4H,3H2,1-2H3. The minimum Gasteiger partial charge on any atom is -0.461 e. The lowest BCUT2D eigenvalue weighted by atomic mass is 10.3. The van der Waals surface area contributed by atoms with Gasteiger partial charge in [0.2, 0.25) is 0 Å². The van der Waals surface area contributed by atoms with Gasteiger partial charge in [-0.3, -0.25) is 19.3 Å². The molecule has 1 atom stereocenters. The predicted molar refractivity (Wildman–Crippen MR) is 56.7 cm³/mol. The van der Waals surface area contributed by atoms with E-state index in [0.717, 1.165) is 4.90 Å². The molecule has 0 spiro atoms. The molecule has 0 radical (unpaired) electrons. The van der Waals surface area contributed by atoms with Gasteiger partial charge in [-0.25, -0.2) is 0 Å². The molecule has 1 heterocycles. The maximum Gasteiger partial charge on any atom is 0.302 e. The van der Waals surface area contributed by atoms with Crippen LogP contribution < -0.4 is 0 Å². The van der Waals surface area contributed by atoms with Crippen LogP contribution in [0.2, 0.25) is 0 Å². The summed E-state index contributed by atoms with van der Waals surface area (Å²) in [6.07, 6.45) is -0.600. The number of halogens is 2. The number of carbonyl (C=O) groups is 3. The van der Waals surface area contributed by atoms with E-state index in [1.165, 1.54) is 6.92 Å². The molecule has 1 unspecified atom stereocenters. The van der Waals surface area contributed by atoms with Crippen LogP contribution in [0.3, 0.4) is 0 Å². The van der Waals surface area contributed by atoms with Crippen LogP contribution in [0.4, 0.5) is 0 Å². The smallest absolute Gasteiger partial charge is 0.302 e. The van der Waals surface area contributed by atoms with Crippen LogP contribution in [0, 0.1) is 0 Å². The topological polar surface area (TPSA) is 63.7 Å². The fourth-order valence-corrected chi connectivity index (χ4v) is 1.63. The lowest BCUT2D eigenvalue weighted by Crippen LogP contribution is -2.38. The van der Waals surface area contributed by atoms with E-state index in [4.69, 9.17) is 27.9 Å². The van der Waals surface area contributed by atoms with Gasteiger partial charge in [-0.15, -0.1) is 0 Å². The maximum absolute atomic E-state index is 11.4. The summed E-state index contributed by atoms with van der Waals surface area (Å²) in [5, 5.41) is -0.608. The number of hydrogen-bond donors (Lipinski definition) is 0. The number of amides is 2. The van der Waals surface area contributed by atoms with E-state index < -0.39 is 23.9 Å². The number of esters is 1. The molecule has 1 rings (SSSR count). The number of ether oxygens (including phenoxy) is 1. The minimum atomic E-state index is -0.671. The normalized spacial score (nSPS) is 18.1. The minimum absolute atomic E-state index is 0.0658. The van der Waals surface area contributed by atoms with Gasteiger partial charge in [0.25, 0.3) is 11.8 Å². The zero-order chi connectivity index (χ0) is 12.5. The van der Waals surface area contributed by atoms with Crippen LogP contribution in [-0.2, 0) is 19.1 Å². The number of imide groups is 1. The lowest BCUT2D eigenvalue weighted by Gasteiger charge is -2.19. The van der Waals surface area contributed by atoms with Gasteiger partial charge in [-0.2, -0.15) is 0 Å². The van der Waals surface area contributed by atoms with Gasteiger partial charge in [-0.05, 0) is 6.92 Å². The molecule has 16 heavy (non-hydrogen) atoms. The summed E-state index contributed by atoms with van der Waals surface area (Å²) < 4.78 is 4.79. The van der Waals surface area contributed by atoms with Crippen LogP contribution in [0.15, 0.2) is 10.1 Å². The van der Waals surface area contributed by atoms with Crippen LogP contribution in [0.1, 0.15) is 13.8 Å². The highest BCUT2D eigenvalue weighted by atomic mass is 35.5. The van der Waals surface area contributed by atoms with Crippen molar-refractivity contribution < 1.29 is 19.1 Å². The summed E-state index contributed by atoms with van der Waals surface area (Å²) in [5.74, 6) is -1.83. The molecule has 0 saturated heterocycles. The Morgan fingerprint density at radius 3 is 2.12 bits per heavy atom. The average Bonchev–Trinajstić information content (AvgIpc) is 2.34. The molecule has 0 aliphatic carbocycles. The molecule has 0 fully saturated rings. The summed E-state index contributed by atoms with van der Waals surface area (Å²) in [5.41, 5.74) is 0. The summed E-state index contributed by atoms with van der Waals surface area (Å²) in [6.45, 7) is 2.73. The monoisotopic (exact) mass is 265 g/mol. The first-order valence-corrected chi connectivity index (χ1v) is 5.19. The third kappa shape index (κ3) is 2.54. The first-order chi connectivity index (χ1) is 7.34. The molecule has 0 N–H and O–H groups in total. The Balaban J connectivity index is 2.68. The molecular formula is C9H9Cl2NO4. The molecule has 0 saturated carbocycles. The summed E-state index contributed by atoms with van der Waals surface area (Å²) in [6, 6.07) is 0. The second kappa shape index (κ2) is 4.84. The van der Waals surface area contributed by atoms with Crippen molar-refractivity contribution in [1.29, 1.82) is 0 Å². The third-order valence-electron chi connectivity index (χ3n) is 1.87. The molecule has 0 bridgehead atoms.